The molecule has 0 bridgehead atoms. The van der Waals surface area contributed by atoms with Gasteiger partial charge in [0.25, 0.3) is 5.91 Å². The van der Waals surface area contributed by atoms with Gasteiger partial charge in [0, 0.05) is 11.1 Å². The van der Waals surface area contributed by atoms with Crippen molar-refractivity contribution in [1.82, 2.24) is 4.57 Å². The number of halogens is 1. The molecule has 0 aliphatic carbocycles. The molecule has 0 unspecified atom stereocenters. The second kappa shape index (κ2) is 5.56. The van der Waals surface area contributed by atoms with E-state index < -0.39 is 5.97 Å². The van der Waals surface area contributed by atoms with Crippen LogP contribution in [0.4, 0.5) is 0 Å². The van der Waals surface area contributed by atoms with Crippen LogP contribution >= 0.6 is 11.6 Å². The second-order valence-corrected chi connectivity index (χ2v) is 5.81. The van der Waals surface area contributed by atoms with Crippen molar-refractivity contribution < 1.29 is 14.7 Å². The number of carboxylic acid groups (broad SMARTS) is 1. The molecule has 4 nitrogen and oxygen atoms in total. The van der Waals surface area contributed by atoms with Crippen LogP contribution in [0, 0.1) is 13.8 Å². The van der Waals surface area contributed by atoms with Crippen LogP contribution in [0.5, 0.6) is 0 Å². The van der Waals surface area contributed by atoms with Crippen LogP contribution in [0.25, 0.3) is 10.9 Å². The number of aromatic carboxylic acids is 1. The molecule has 5 heteroatoms. The number of para-hydroxylation sites is 1. The minimum atomic E-state index is -1.06. The largest absolute Gasteiger partial charge is 0.478 e. The Balaban J connectivity index is 2.30. The molecule has 3 rings (SSSR count). The first-order chi connectivity index (χ1) is 10.9. The van der Waals surface area contributed by atoms with E-state index in [1.807, 2.05) is 6.92 Å². The zero-order chi connectivity index (χ0) is 16.7. The van der Waals surface area contributed by atoms with Crippen molar-refractivity contribution in [3.8, 4) is 0 Å². The van der Waals surface area contributed by atoms with Gasteiger partial charge in [-0.3, -0.25) is 9.36 Å². The summed E-state index contributed by atoms with van der Waals surface area (Å²) in [6.07, 6.45) is 0. The lowest BCUT2D eigenvalue weighted by Crippen LogP contribution is -2.15. The quantitative estimate of drug-likeness (QED) is 0.763. The van der Waals surface area contributed by atoms with Crippen molar-refractivity contribution >= 4 is 34.4 Å². The van der Waals surface area contributed by atoms with Gasteiger partial charge in [-0.05, 0) is 37.6 Å². The van der Waals surface area contributed by atoms with Crippen LogP contribution in [0.15, 0.2) is 42.5 Å². The molecule has 0 radical (unpaired) electrons. The van der Waals surface area contributed by atoms with Gasteiger partial charge in [-0.15, -0.1) is 0 Å². The topological polar surface area (TPSA) is 59.3 Å². The molecule has 3 aromatic rings. The van der Waals surface area contributed by atoms with Crippen molar-refractivity contribution in [2.24, 2.45) is 0 Å². The standard InChI is InChI=1S/C18H14ClNO3/c1-10-7-8-12(14(19)9-10)17(21)20-11(2)16(18(22)23)13-5-3-4-6-15(13)20/h3-9H,1-2H3,(H,22,23). The summed E-state index contributed by atoms with van der Waals surface area (Å²) in [5.74, 6) is -1.39. The first-order valence-corrected chi connectivity index (χ1v) is 7.44. The SMILES string of the molecule is Cc1ccc(C(=O)n2c(C)c(C(=O)O)c3ccccc32)c(Cl)c1. The summed E-state index contributed by atoms with van der Waals surface area (Å²) in [5, 5.41) is 10.4. The van der Waals surface area contributed by atoms with Gasteiger partial charge >= 0.3 is 5.97 Å². The minimum Gasteiger partial charge on any atom is -0.478 e. The predicted octanol–water partition coefficient (Wildman–Crippen LogP) is 4.30. The number of carbonyl (C=O) groups is 2. The van der Waals surface area contributed by atoms with E-state index in [1.165, 1.54) is 4.57 Å². The highest BCUT2D eigenvalue weighted by Gasteiger charge is 2.24. The summed E-state index contributed by atoms with van der Waals surface area (Å²) in [6.45, 7) is 3.52. The van der Waals surface area contributed by atoms with Gasteiger partial charge in [0.05, 0.1) is 21.7 Å². The average Bonchev–Trinajstić information content (AvgIpc) is 2.78. The smallest absolute Gasteiger partial charge is 0.338 e. The maximum absolute atomic E-state index is 12.9. The van der Waals surface area contributed by atoms with E-state index in [0.29, 0.717) is 27.2 Å². The number of hydrogen-bond acceptors (Lipinski definition) is 2. The molecule has 1 aromatic heterocycles. The number of benzene rings is 2. The third-order valence-corrected chi connectivity index (χ3v) is 4.20. The highest BCUT2D eigenvalue weighted by atomic mass is 35.5. The highest BCUT2D eigenvalue weighted by molar-refractivity contribution is 6.34. The Kier molecular flexibility index (Phi) is 3.70. The zero-order valence-electron chi connectivity index (χ0n) is 12.6. The predicted molar refractivity (Wildman–Crippen MR) is 89.6 cm³/mol. The van der Waals surface area contributed by atoms with Gasteiger partial charge in [0.1, 0.15) is 0 Å². The summed E-state index contributed by atoms with van der Waals surface area (Å²) in [7, 11) is 0. The monoisotopic (exact) mass is 327 g/mol. The van der Waals surface area contributed by atoms with E-state index in [1.54, 1.807) is 49.4 Å². The molecule has 0 saturated carbocycles. The summed E-state index contributed by atoms with van der Waals surface area (Å²) < 4.78 is 1.41. The van der Waals surface area contributed by atoms with E-state index in [0.717, 1.165) is 5.56 Å². The van der Waals surface area contributed by atoms with Crippen molar-refractivity contribution in [2.75, 3.05) is 0 Å². The van der Waals surface area contributed by atoms with Crippen LogP contribution in [0.2, 0.25) is 5.02 Å². The first-order valence-electron chi connectivity index (χ1n) is 7.06. The number of rotatable bonds is 2. The van der Waals surface area contributed by atoms with Gasteiger partial charge in [0.2, 0.25) is 0 Å². The Morgan fingerprint density at radius 2 is 1.78 bits per heavy atom. The molecule has 1 heterocycles. The Bertz CT molecular complexity index is 956. The molecular formula is C18H14ClNO3. The number of carboxylic acids is 1. The maximum atomic E-state index is 12.9. The second-order valence-electron chi connectivity index (χ2n) is 5.41. The van der Waals surface area contributed by atoms with Gasteiger partial charge in [0.15, 0.2) is 0 Å². The molecule has 0 saturated heterocycles. The molecule has 0 aliphatic rings. The Morgan fingerprint density at radius 1 is 1.09 bits per heavy atom. The van der Waals surface area contributed by atoms with Crippen molar-refractivity contribution in [3.05, 3.63) is 69.9 Å². The molecule has 0 fully saturated rings. The fourth-order valence-electron chi connectivity index (χ4n) is 2.81. The van der Waals surface area contributed by atoms with Crippen LogP contribution in [0.1, 0.15) is 32.0 Å². The number of carbonyl (C=O) groups excluding carboxylic acids is 1. The molecule has 116 valence electrons. The van der Waals surface area contributed by atoms with Crippen molar-refractivity contribution in [1.29, 1.82) is 0 Å². The number of fused-ring (bicyclic) bond motifs is 1. The van der Waals surface area contributed by atoms with Gasteiger partial charge in [-0.1, -0.05) is 35.9 Å². The molecule has 1 N–H and O–H groups in total. The molecule has 0 aliphatic heterocycles. The third-order valence-electron chi connectivity index (χ3n) is 3.88. The Labute approximate surface area is 137 Å². The zero-order valence-corrected chi connectivity index (χ0v) is 13.4. The lowest BCUT2D eigenvalue weighted by atomic mass is 10.1. The fourth-order valence-corrected chi connectivity index (χ4v) is 3.13. The summed E-state index contributed by atoms with van der Waals surface area (Å²) in [5.41, 5.74) is 2.38. The van der Waals surface area contributed by atoms with Crippen molar-refractivity contribution in [3.63, 3.8) is 0 Å². The van der Waals surface area contributed by atoms with Crippen molar-refractivity contribution in [2.45, 2.75) is 13.8 Å². The molecule has 23 heavy (non-hydrogen) atoms. The molecule has 0 atom stereocenters. The molecule has 0 spiro atoms. The Hall–Kier alpha value is -2.59. The fraction of sp³-hybridized carbons (Fsp3) is 0.111. The van der Waals surface area contributed by atoms with Crippen LogP contribution in [0.3, 0.4) is 0 Å². The highest BCUT2D eigenvalue weighted by Crippen LogP contribution is 2.28. The van der Waals surface area contributed by atoms with Crippen LogP contribution in [-0.4, -0.2) is 21.6 Å². The Morgan fingerprint density at radius 3 is 2.43 bits per heavy atom. The number of hydrogen-bond donors (Lipinski definition) is 1. The number of aryl methyl sites for hydroxylation is 1. The maximum Gasteiger partial charge on any atom is 0.338 e. The first kappa shape index (κ1) is 15.3. The van der Waals surface area contributed by atoms with E-state index in [9.17, 15) is 14.7 Å². The van der Waals surface area contributed by atoms with Gasteiger partial charge in [-0.2, -0.15) is 0 Å². The lowest BCUT2D eigenvalue weighted by molar-refractivity contribution is 0.0698. The minimum absolute atomic E-state index is 0.136. The van der Waals surface area contributed by atoms with Crippen LogP contribution < -0.4 is 0 Å². The molecule has 2 aromatic carbocycles. The number of nitrogens with zero attached hydrogens (tertiary/aromatic N) is 1. The van der Waals surface area contributed by atoms with E-state index in [-0.39, 0.29) is 11.5 Å². The summed E-state index contributed by atoms with van der Waals surface area (Å²) in [4.78, 5) is 24.5. The van der Waals surface area contributed by atoms with E-state index >= 15 is 0 Å². The lowest BCUT2D eigenvalue weighted by Gasteiger charge is -2.09. The normalized spacial score (nSPS) is 10.9. The summed E-state index contributed by atoms with van der Waals surface area (Å²) in [6, 6.07) is 12.1. The van der Waals surface area contributed by atoms with E-state index in [2.05, 4.69) is 0 Å². The summed E-state index contributed by atoms with van der Waals surface area (Å²) >= 11 is 6.20. The third kappa shape index (κ3) is 2.41. The van der Waals surface area contributed by atoms with Gasteiger partial charge < -0.3 is 5.11 Å². The molecular weight excluding hydrogens is 314 g/mol. The molecule has 0 amide bonds. The van der Waals surface area contributed by atoms with Crippen LogP contribution in [-0.2, 0) is 0 Å². The number of aromatic nitrogens is 1. The van der Waals surface area contributed by atoms with Gasteiger partial charge in [-0.25, -0.2) is 4.79 Å². The average molecular weight is 328 g/mol. The van der Waals surface area contributed by atoms with E-state index in [4.69, 9.17) is 11.6 Å².